The van der Waals surface area contributed by atoms with Crippen LogP contribution in [0.3, 0.4) is 0 Å². The number of ether oxygens (including phenoxy) is 5. The Morgan fingerprint density at radius 1 is 0.889 bits per heavy atom. The van der Waals surface area contributed by atoms with E-state index in [0.29, 0.717) is 22.8 Å². The summed E-state index contributed by atoms with van der Waals surface area (Å²) in [6, 6.07) is 1.68. The van der Waals surface area contributed by atoms with Crippen LogP contribution in [0.2, 0.25) is 0 Å². The van der Waals surface area contributed by atoms with Gasteiger partial charge in [0.1, 0.15) is 0 Å². The van der Waals surface area contributed by atoms with Crippen molar-refractivity contribution >= 4 is 17.8 Å². The fraction of sp³-hybridized carbons (Fsp3) is 0.500. The maximum Gasteiger partial charge on any atom is 0.340 e. The van der Waals surface area contributed by atoms with Crippen molar-refractivity contribution < 1.29 is 38.1 Å². The Morgan fingerprint density at radius 3 is 1.74 bits per heavy atom. The summed E-state index contributed by atoms with van der Waals surface area (Å²) < 4.78 is 25.3. The number of hydrogen-bond donors (Lipinski definition) is 1. The average molecular weight is 383 g/mol. The molecule has 1 rings (SSSR count). The van der Waals surface area contributed by atoms with Crippen molar-refractivity contribution in [3.8, 4) is 17.2 Å². The number of esters is 2. The molecule has 150 valence electrons. The molecule has 9 heteroatoms. The molecule has 1 aromatic carbocycles. The number of rotatable bonds is 10. The third kappa shape index (κ3) is 6.05. The number of carbonyl (C=O) groups is 3. The van der Waals surface area contributed by atoms with Gasteiger partial charge in [-0.2, -0.15) is 0 Å². The van der Waals surface area contributed by atoms with Crippen LogP contribution in [0.5, 0.6) is 17.2 Å². The molecule has 0 unspecified atom stereocenters. The predicted octanol–water partition coefficient (Wildman–Crippen LogP) is 0.866. The minimum absolute atomic E-state index is 0.0670. The molecule has 0 bridgehead atoms. The average Bonchev–Trinajstić information content (AvgIpc) is 2.65. The zero-order valence-corrected chi connectivity index (χ0v) is 16.1. The van der Waals surface area contributed by atoms with Gasteiger partial charge in [-0.1, -0.05) is 0 Å². The number of nitrogens with one attached hydrogen (secondary N) is 1. The molecule has 0 fully saturated rings. The first-order valence-corrected chi connectivity index (χ1v) is 8.33. The van der Waals surface area contributed by atoms with Gasteiger partial charge in [-0.25, -0.2) is 9.59 Å². The van der Waals surface area contributed by atoms with E-state index in [0.717, 1.165) is 0 Å². The van der Waals surface area contributed by atoms with Gasteiger partial charge in [0.05, 0.1) is 41.0 Å². The van der Waals surface area contributed by atoms with Crippen molar-refractivity contribution in [2.24, 2.45) is 0 Å². The zero-order chi connectivity index (χ0) is 20.4. The van der Waals surface area contributed by atoms with Crippen molar-refractivity contribution in [3.63, 3.8) is 0 Å². The van der Waals surface area contributed by atoms with Crippen molar-refractivity contribution in [3.05, 3.63) is 17.7 Å². The monoisotopic (exact) mass is 383 g/mol. The summed E-state index contributed by atoms with van der Waals surface area (Å²) in [5.41, 5.74) is 0.536. The van der Waals surface area contributed by atoms with Crippen LogP contribution in [0.25, 0.3) is 0 Å². The lowest BCUT2D eigenvalue weighted by atomic mass is 10.1. The molecule has 0 atom stereocenters. The number of carbonyl (C=O) groups excluding carboxylic acids is 3. The Kier molecular flexibility index (Phi) is 8.91. The van der Waals surface area contributed by atoms with Gasteiger partial charge in [-0.3, -0.25) is 4.79 Å². The van der Waals surface area contributed by atoms with Crippen LogP contribution in [0, 0.1) is 0 Å². The normalized spacial score (nSPS) is 10.1. The van der Waals surface area contributed by atoms with Crippen molar-refractivity contribution in [2.75, 3.05) is 34.5 Å². The van der Waals surface area contributed by atoms with E-state index in [1.165, 1.54) is 21.3 Å². The smallest absolute Gasteiger partial charge is 0.340 e. The summed E-state index contributed by atoms with van der Waals surface area (Å²) in [5.74, 6) is -1.18. The molecule has 0 heterocycles. The lowest BCUT2D eigenvalue weighted by Gasteiger charge is -2.17. The third-order valence-corrected chi connectivity index (χ3v) is 3.44. The van der Waals surface area contributed by atoms with Crippen molar-refractivity contribution in [2.45, 2.75) is 26.3 Å². The second-order valence-corrected chi connectivity index (χ2v) is 5.21. The largest absolute Gasteiger partial charge is 0.493 e. The SMILES string of the molecule is CCOC(=O)C(NC(=O)Cc1cc(OC)c(OC)c(OC)c1)C(=O)OCC. The molecule has 9 nitrogen and oxygen atoms in total. The number of methoxy groups -OCH3 is 3. The Bertz CT molecular complexity index is 630. The van der Waals surface area contributed by atoms with Gasteiger partial charge in [0.15, 0.2) is 11.5 Å². The number of benzene rings is 1. The Hall–Kier alpha value is -2.97. The molecule has 0 saturated heterocycles. The second-order valence-electron chi connectivity index (χ2n) is 5.21. The summed E-state index contributed by atoms with van der Waals surface area (Å²) in [4.78, 5) is 36.2. The maximum atomic E-state index is 12.4. The Labute approximate surface area is 157 Å². The molecule has 1 aromatic rings. The van der Waals surface area contributed by atoms with Crippen LogP contribution in [-0.2, 0) is 30.3 Å². The van der Waals surface area contributed by atoms with Crippen LogP contribution in [0.1, 0.15) is 19.4 Å². The van der Waals surface area contributed by atoms with Gasteiger partial charge in [-0.15, -0.1) is 0 Å². The first-order valence-electron chi connectivity index (χ1n) is 8.33. The van der Waals surface area contributed by atoms with E-state index in [1.54, 1.807) is 26.0 Å². The second kappa shape index (κ2) is 10.9. The first kappa shape index (κ1) is 22.1. The first-order chi connectivity index (χ1) is 12.9. The summed E-state index contributed by atoms with van der Waals surface area (Å²) >= 11 is 0. The van der Waals surface area contributed by atoms with Crippen LogP contribution in [0.4, 0.5) is 0 Å². The predicted molar refractivity (Wildman–Crippen MR) is 95.0 cm³/mol. The van der Waals surface area contributed by atoms with Gasteiger partial charge in [0.2, 0.25) is 17.7 Å². The Balaban J connectivity index is 2.98. The van der Waals surface area contributed by atoms with Crippen LogP contribution >= 0.6 is 0 Å². The molecular weight excluding hydrogens is 358 g/mol. The molecule has 0 aliphatic carbocycles. The molecule has 0 aliphatic heterocycles. The van der Waals surface area contributed by atoms with Crippen LogP contribution in [0.15, 0.2) is 12.1 Å². The minimum Gasteiger partial charge on any atom is -0.493 e. The zero-order valence-electron chi connectivity index (χ0n) is 16.1. The molecule has 0 radical (unpaired) electrons. The van der Waals surface area contributed by atoms with Crippen molar-refractivity contribution in [1.29, 1.82) is 0 Å². The van der Waals surface area contributed by atoms with E-state index < -0.39 is 23.9 Å². The quantitative estimate of drug-likeness (QED) is 0.468. The Morgan fingerprint density at radius 2 is 1.37 bits per heavy atom. The molecule has 0 saturated carbocycles. The summed E-state index contributed by atoms with van der Waals surface area (Å²) in [6.45, 7) is 3.32. The van der Waals surface area contributed by atoms with E-state index >= 15 is 0 Å². The minimum atomic E-state index is -1.53. The van der Waals surface area contributed by atoms with Gasteiger partial charge >= 0.3 is 11.9 Å². The van der Waals surface area contributed by atoms with E-state index in [1.807, 2.05) is 0 Å². The van der Waals surface area contributed by atoms with E-state index in [9.17, 15) is 14.4 Å². The summed E-state index contributed by atoms with van der Waals surface area (Å²) in [6.07, 6.45) is -0.133. The van der Waals surface area contributed by atoms with Crippen molar-refractivity contribution in [1.82, 2.24) is 5.32 Å². The van der Waals surface area contributed by atoms with Gasteiger partial charge < -0.3 is 29.0 Å². The molecule has 1 N–H and O–H groups in total. The van der Waals surface area contributed by atoms with E-state index in [-0.39, 0.29) is 19.6 Å². The highest BCUT2D eigenvalue weighted by Crippen LogP contribution is 2.38. The van der Waals surface area contributed by atoms with Crippen LogP contribution in [-0.4, -0.2) is 58.4 Å². The fourth-order valence-corrected chi connectivity index (χ4v) is 2.30. The maximum absolute atomic E-state index is 12.4. The highest BCUT2D eigenvalue weighted by molar-refractivity contribution is 6.02. The van der Waals surface area contributed by atoms with Crippen LogP contribution < -0.4 is 19.5 Å². The summed E-state index contributed by atoms with van der Waals surface area (Å²) in [5, 5.41) is 2.34. The van der Waals surface area contributed by atoms with Gasteiger partial charge in [-0.05, 0) is 31.5 Å². The highest BCUT2D eigenvalue weighted by Gasteiger charge is 2.31. The molecule has 27 heavy (non-hydrogen) atoms. The highest BCUT2D eigenvalue weighted by atomic mass is 16.6. The topological polar surface area (TPSA) is 109 Å². The fourth-order valence-electron chi connectivity index (χ4n) is 2.30. The molecule has 0 aliphatic rings. The lowest BCUT2D eigenvalue weighted by molar-refractivity contribution is -0.159. The van der Waals surface area contributed by atoms with E-state index in [4.69, 9.17) is 23.7 Å². The molecule has 1 amide bonds. The number of amides is 1. The number of hydrogen-bond acceptors (Lipinski definition) is 8. The summed E-state index contributed by atoms with van der Waals surface area (Å²) in [7, 11) is 4.38. The molecular formula is C18H25NO8. The standard InChI is InChI=1S/C18H25NO8/c1-6-26-17(21)15(18(22)27-7-2)19-14(20)10-11-8-12(23-3)16(25-5)13(9-11)24-4/h8-9,15H,6-7,10H2,1-5H3,(H,19,20). The molecule has 0 spiro atoms. The third-order valence-electron chi connectivity index (χ3n) is 3.44. The lowest BCUT2D eigenvalue weighted by Crippen LogP contribution is -2.48. The van der Waals surface area contributed by atoms with Gasteiger partial charge in [0, 0.05) is 0 Å². The van der Waals surface area contributed by atoms with Gasteiger partial charge in [0.25, 0.3) is 0 Å². The molecule has 0 aromatic heterocycles. The van der Waals surface area contributed by atoms with E-state index in [2.05, 4.69) is 5.32 Å².